The van der Waals surface area contributed by atoms with Crippen molar-refractivity contribution in [3.05, 3.63) is 29.3 Å². The number of carbonyl (C=O) groups is 2. The molecule has 0 spiro atoms. The van der Waals surface area contributed by atoms with Crippen molar-refractivity contribution in [3.63, 3.8) is 0 Å². The highest BCUT2D eigenvalue weighted by Gasteiger charge is 2.26. The normalized spacial score (nSPS) is 15.5. The molecule has 1 N–H and O–H groups in total. The van der Waals surface area contributed by atoms with Gasteiger partial charge >= 0.3 is 0 Å². The Hall–Kier alpha value is -1.20. The number of halogens is 1. The third-order valence-corrected chi connectivity index (χ3v) is 5.19. The number of thioether (sulfide) groups is 1. The van der Waals surface area contributed by atoms with E-state index in [0.717, 1.165) is 30.7 Å². The van der Waals surface area contributed by atoms with Crippen LogP contribution < -0.4 is 5.32 Å². The summed E-state index contributed by atoms with van der Waals surface area (Å²) in [5.74, 6) is 0.746. The van der Waals surface area contributed by atoms with Crippen LogP contribution in [0.5, 0.6) is 0 Å². The second kappa shape index (κ2) is 9.18. The van der Waals surface area contributed by atoms with Gasteiger partial charge in [-0.2, -0.15) is 0 Å². The Balaban J connectivity index is 1.73. The SMILES string of the molecule is CCCNC(=O)C1CCN(C(=O)CSc2ccc(Cl)cc2)CC1. The van der Waals surface area contributed by atoms with Crippen molar-refractivity contribution in [3.8, 4) is 0 Å². The summed E-state index contributed by atoms with van der Waals surface area (Å²) in [6.07, 6.45) is 2.46. The molecule has 0 bridgehead atoms. The number of hydrogen-bond donors (Lipinski definition) is 1. The van der Waals surface area contributed by atoms with E-state index in [1.165, 1.54) is 11.8 Å². The lowest BCUT2D eigenvalue weighted by Crippen LogP contribution is -2.43. The average Bonchev–Trinajstić information content (AvgIpc) is 2.59. The van der Waals surface area contributed by atoms with Gasteiger partial charge in [-0.05, 0) is 43.5 Å². The summed E-state index contributed by atoms with van der Waals surface area (Å²) < 4.78 is 0. The maximum Gasteiger partial charge on any atom is 0.232 e. The number of amides is 2. The standard InChI is InChI=1S/C17H23ClN2O2S/c1-2-9-19-17(22)13-7-10-20(11-8-13)16(21)12-23-15-5-3-14(18)4-6-15/h3-6,13H,2,7-12H2,1H3,(H,19,22). The minimum absolute atomic E-state index is 0.0505. The molecule has 0 saturated carbocycles. The molecule has 0 aliphatic carbocycles. The number of carbonyl (C=O) groups excluding carboxylic acids is 2. The third-order valence-electron chi connectivity index (χ3n) is 3.94. The van der Waals surface area contributed by atoms with Crippen molar-refractivity contribution < 1.29 is 9.59 Å². The summed E-state index contributed by atoms with van der Waals surface area (Å²) in [7, 11) is 0. The van der Waals surface area contributed by atoms with E-state index in [-0.39, 0.29) is 17.7 Å². The predicted octanol–water partition coefficient (Wildman–Crippen LogP) is 3.20. The quantitative estimate of drug-likeness (QED) is 0.798. The van der Waals surface area contributed by atoms with Crippen LogP contribution in [0.15, 0.2) is 29.2 Å². The van der Waals surface area contributed by atoms with Crippen LogP contribution in [0.2, 0.25) is 5.02 Å². The van der Waals surface area contributed by atoms with Crippen LogP contribution in [0.4, 0.5) is 0 Å². The largest absolute Gasteiger partial charge is 0.356 e. The Morgan fingerprint density at radius 1 is 1.26 bits per heavy atom. The van der Waals surface area contributed by atoms with Crippen molar-refractivity contribution >= 4 is 35.2 Å². The monoisotopic (exact) mass is 354 g/mol. The lowest BCUT2D eigenvalue weighted by molar-refractivity contribution is -0.133. The highest BCUT2D eigenvalue weighted by atomic mass is 35.5. The third kappa shape index (κ3) is 5.74. The molecular formula is C17H23ClN2O2S. The number of benzene rings is 1. The molecule has 2 rings (SSSR count). The van der Waals surface area contributed by atoms with E-state index in [4.69, 9.17) is 11.6 Å². The van der Waals surface area contributed by atoms with Gasteiger partial charge in [0.1, 0.15) is 0 Å². The molecule has 23 heavy (non-hydrogen) atoms. The van der Waals surface area contributed by atoms with Crippen LogP contribution in [0.25, 0.3) is 0 Å². The van der Waals surface area contributed by atoms with Crippen LogP contribution in [0.1, 0.15) is 26.2 Å². The molecule has 0 atom stereocenters. The van der Waals surface area contributed by atoms with Crippen molar-refractivity contribution in [2.24, 2.45) is 5.92 Å². The Morgan fingerprint density at radius 3 is 2.52 bits per heavy atom. The predicted molar refractivity (Wildman–Crippen MR) is 94.8 cm³/mol. The number of nitrogens with zero attached hydrogens (tertiary/aromatic N) is 1. The van der Waals surface area contributed by atoms with E-state index in [9.17, 15) is 9.59 Å². The Labute approximate surface area is 146 Å². The van der Waals surface area contributed by atoms with Gasteiger partial charge in [-0.1, -0.05) is 18.5 Å². The van der Waals surface area contributed by atoms with Gasteiger partial charge in [-0.3, -0.25) is 9.59 Å². The van der Waals surface area contributed by atoms with Crippen LogP contribution in [0.3, 0.4) is 0 Å². The van der Waals surface area contributed by atoms with Crippen LogP contribution in [0, 0.1) is 5.92 Å². The minimum Gasteiger partial charge on any atom is -0.356 e. The number of hydrogen-bond acceptors (Lipinski definition) is 3. The summed E-state index contributed by atoms with van der Waals surface area (Å²) in [6.45, 7) is 4.12. The van der Waals surface area contributed by atoms with E-state index in [0.29, 0.717) is 23.9 Å². The highest BCUT2D eigenvalue weighted by molar-refractivity contribution is 8.00. The molecule has 126 valence electrons. The Bertz CT molecular complexity index is 528. The zero-order valence-electron chi connectivity index (χ0n) is 13.4. The summed E-state index contributed by atoms with van der Waals surface area (Å²) in [4.78, 5) is 27.1. The first-order valence-electron chi connectivity index (χ1n) is 8.04. The van der Waals surface area contributed by atoms with Gasteiger partial charge in [-0.15, -0.1) is 11.8 Å². The topological polar surface area (TPSA) is 49.4 Å². The number of nitrogens with one attached hydrogen (secondary N) is 1. The van der Waals surface area contributed by atoms with Crippen LogP contribution in [-0.2, 0) is 9.59 Å². The number of likely N-dealkylation sites (tertiary alicyclic amines) is 1. The van der Waals surface area contributed by atoms with E-state index in [2.05, 4.69) is 5.32 Å². The zero-order chi connectivity index (χ0) is 16.7. The van der Waals surface area contributed by atoms with Gasteiger partial charge < -0.3 is 10.2 Å². The molecule has 1 saturated heterocycles. The van der Waals surface area contributed by atoms with Gasteiger partial charge in [-0.25, -0.2) is 0 Å². The first-order valence-corrected chi connectivity index (χ1v) is 9.40. The summed E-state index contributed by atoms with van der Waals surface area (Å²) in [5.41, 5.74) is 0. The maximum atomic E-state index is 12.3. The molecule has 2 amide bonds. The second-order valence-corrected chi connectivity index (χ2v) is 7.17. The Morgan fingerprint density at radius 2 is 1.91 bits per heavy atom. The van der Waals surface area contributed by atoms with Gasteiger partial charge in [0.15, 0.2) is 0 Å². The average molecular weight is 355 g/mol. The summed E-state index contributed by atoms with van der Waals surface area (Å²) >= 11 is 7.37. The van der Waals surface area contributed by atoms with Crippen molar-refractivity contribution in [2.75, 3.05) is 25.4 Å². The summed E-state index contributed by atoms with van der Waals surface area (Å²) in [5, 5.41) is 3.64. The maximum absolute atomic E-state index is 12.3. The molecule has 1 heterocycles. The molecule has 4 nitrogen and oxygen atoms in total. The van der Waals surface area contributed by atoms with E-state index < -0.39 is 0 Å². The van der Waals surface area contributed by atoms with Gasteiger partial charge in [0.05, 0.1) is 5.75 Å². The lowest BCUT2D eigenvalue weighted by atomic mass is 9.96. The molecule has 1 fully saturated rings. The highest BCUT2D eigenvalue weighted by Crippen LogP contribution is 2.22. The lowest BCUT2D eigenvalue weighted by Gasteiger charge is -2.31. The molecule has 1 aromatic rings. The first-order chi connectivity index (χ1) is 11.1. The fourth-order valence-electron chi connectivity index (χ4n) is 2.55. The zero-order valence-corrected chi connectivity index (χ0v) is 15.0. The van der Waals surface area contributed by atoms with Gasteiger partial charge in [0.25, 0.3) is 0 Å². The van der Waals surface area contributed by atoms with Gasteiger partial charge in [0, 0.05) is 35.5 Å². The Kier molecular flexibility index (Phi) is 7.24. The molecule has 0 radical (unpaired) electrons. The summed E-state index contributed by atoms with van der Waals surface area (Å²) in [6, 6.07) is 7.50. The molecule has 1 aliphatic rings. The number of piperidine rings is 1. The minimum atomic E-state index is 0.0505. The van der Waals surface area contributed by atoms with E-state index in [1.807, 2.05) is 36.1 Å². The van der Waals surface area contributed by atoms with Crippen LogP contribution >= 0.6 is 23.4 Å². The molecule has 0 unspecified atom stereocenters. The molecule has 1 aromatic carbocycles. The fourth-order valence-corrected chi connectivity index (χ4v) is 3.48. The van der Waals surface area contributed by atoms with Crippen molar-refractivity contribution in [1.82, 2.24) is 10.2 Å². The second-order valence-electron chi connectivity index (χ2n) is 5.69. The van der Waals surface area contributed by atoms with Crippen LogP contribution in [-0.4, -0.2) is 42.1 Å². The van der Waals surface area contributed by atoms with Crippen molar-refractivity contribution in [1.29, 1.82) is 0 Å². The van der Waals surface area contributed by atoms with E-state index in [1.54, 1.807) is 0 Å². The smallest absolute Gasteiger partial charge is 0.232 e. The number of rotatable bonds is 6. The van der Waals surface area contributed by atoms with Crippen molar-refractivity contribution in [2.45, 2.75) is 31.1 Å². The fraction of sp³-hybridized carbons (Fsp3) is 0.529. The molecule has 6 heteroatoms. The molecular weight excluding hydrogens is 332 g/mol. The first kappa shape index (κ1) is 18.1. The molecule has 1 aliphatic heterocycles. The van der Waals surface area contributed by atoms with E-state index >= 15 is 0 Å². The van der Waals surface area contributed by atoms with Gasteiger partial charge in [0.2, 0.25) is 11.8 Å². The molecule has 0 aromatic heterocycles.